The van der Waals surface area contributed by atoms with Crippen molar-refractivity contribution in [3.05, 3.63) is 0 Å². The number of fused-ring (bicyclic) bond motifs is 1. The molecule has 0 spiro atoms. The summed E-state index contributed by atoms with van der Waals surface area (Å²) in [7, 11) is 0. The van der Waals surface area contributed by atoms with Crippen LogP contribution < -0.4 is 11.9 Å². The predicted molar refractivity (Wildman–Crippen MR) is 93.5 cm³/mol. The summed E-state index contributed by atoms with van der Waals surface area (Å²) in [5.74, 6) is 0.754. The lowest BCUT2D eigenvalue weighted by Gasteiger charge is -2.38. The highest BCUT2D eigenvalue weighted by Crippen LogP contribution is 2.37. The number of hydrogen-bond acceptors (Lipinski definition) is 9. The minimum absolute atomic E-state index is 0. The van der Waals surface area contributed by atoms with E-state index in [1.54, 1.807) is 4.90 Å². The number of aliphatic hydroxyl groups excluding tert-OH is 3. The van der Waals surface area contributed by atoms with Gasteiger partial charge in [0.25, 0.3) is 0 Å². The van der Waals surface area contributed by atoms with Gasteiger partial charge in [0, 0.05) is 12.1 Å². The molecular formula is C16H25N6O4. The molecule has 1 aliphatic carbocycles. The molecule has 0 bridgehead atoms. The zero-order valence-corrected chi connectivity index (χ0v) is 14.5. The monoisotopic (exact) mass is 365 g/mol. The van der Waals surface area contributed by atoms with Crippen molar-refractivity contribution >= 4 is 17.9 Å². The number of aliphatic hydroxyl groups is 3. The van der Waals surface area contributed by atoms with Crippen molar-refractivity contribution < 1.29 is 20.1 Å². The maximum atomic E-state index is 10.3. The van der Waals surface area contributed by atoms with Crippen molar-refractivity contribution in [1.29, 1.82) is 0 Å². The maximum absolute atomic E-state index is 10.3. The minimum atomic E-state index is -1.16. The van der Waals surface area contributed by atoms with Crippen LogP contribution in [0.15, 0.2) is 15.0 Å². The number of amidine groups is 1. The fraction of sp³-hybridized carbons (Fsp3) is 0.812. The first-order chi connectivity index (χ1) is 12.1. The van der Waals surface area contributed by atoms with Crippen LogP contribution >= 0.6 is 0 Å². The highest BCUT2D eigenvalue weighted by atomic mass is 16.6. The van der Waals surface area contributed by atoms with E-state index in [2.05, 4.69) is 15.0 Å². The molecule has 0 aromatic carbocycles. The first-order valence-corrected chi connectivity index (χ1v) is 8.91. The molecule has 10 heteroatoms. The Kier molecular flexibility index (Phi) is 5.42. The Morgan fingerprint density at radius 2 is 1.96 bits per heavy atom. The van der Waals surface area contributed by atoms with Crippen LogP contribution in [0.1, 0.15) is 32.1 Å². The molecule has 2 fully saturated rings. The zero-order valence-electron chi connectivity index (χ0n) is 14.5. The second-order valence-electron chi connectivity index (χ2n) is 7.20. The van der Waals surface area contributed by atoms with Gasteiger partial charge >= 0.3 is 0 Å². The van der Waals surface area contributed by atoms with Gasteiger partial charge in [0.15, 0.2) is 17.7 Å². The topological polar surface area (TPSA) is 167 Å². The summed E-state index contributed by atoms with van der Waals surface area (Å²) in [5.41, 5.74) is 6.39. The number of aliphatic imine (C=N–C) groups is 3. The van der Waals surface area contributed by atoms with E-state index in [0.29, 0.717) is 11.5 Å². The Labute approximate surface area is 152 Å². The van der Waals surface area contributed by atoms with Crippen LogP contribution in [0.3, 0.4) is 0 Å². The highest BCUT2D eigenvalue weighted by Gasteiger charge is 2.52. The van der Waals surface area contributed by atoms with Gasteiger partial charge in [-0.15, -0.1) is 0 Å². The molecule has 26 heavy (non-hydrogen) atoms. The van der Waals surface area contributed by atoms with Crippen LogP contribution in [0.4, 0.5) is 0 Å². The van der Waals surface area contributed by atoms with E-state index < -0.39 is 30.2 Å². The first kappa shape index (κ1) is 19.3. The summed E-state index contributed by atoms with van der Waals surface area (Å²) in [5, 5.41) is 29.6. The van der Waals surface area contributed by atoms with Crippen molar-refractivity contribution in [3.63, 3.8) is 0 Å². The Morgan fingerprint density at radius 3 is 2.62 bits per heavy atom. The van der Waals surface area contributed by atoms with Crippen LogP contribution in [-0.2, 0) is 4.74 Å². The summed E-state index contributed by atoms with van der Waals surface area (Å²) in [6, 6.07) is 0. The number of ether oxygens (including phenoxy) is 1. The van der Waals surface area contributed by atoms with Gasteiger partial charge in [0.1, 0.15) is 37.0 Å². The Hall–Kier alpha value is -1.43. The quantitative estimate of drug-likeness (QED) is 0.467. The number of nitrogens with zero attached hydrogens (tertiary/aromatic N) is 5. The van der Waals surface area contributed by atoms with E-state index in [1.165, 1.54) is 12.8 Å². The smallest absolute Gasteiger partial charge is 0.162 e. The Bertz CT molecular complexity index is 620. The third kappa shape index (κ3) is 2.86. The van der Waals surface area contributed by atoms with Gasteiger partial charge in [-0.1, -0.05) is 19.3 Å². The molecule has 4 aliphatic rings. The molecule has 0 amide bonds. The normalized spacial score (nSPS) is 40.1. The summed E-state index contributed by atoms with van der Waals surface area (Å²) in [4.78, 5) is 15.0. The van der Waals surface area contributed by atoms with Gasteiger partial charge < -0.3 is 30.7 Å². The van der Waals surface area contributed by atoms with Crippen molar-refractivity contribution in [2.45, 2.75) is 62.3 Å². The second-order valence-corrected chi connectivity index (χ2v) is 7.20. The molecule has 5 atom stereocenters. The molecule has 4 rings (SSSR count). The van der Waals surface area contributed by atoms with Crippen LogP contribution in [0, 0.1) is 5.92 Å². The van der Waals surface area contributed by atoms with Crippen molar-refractivity contribution in [2.24, 2.45) is 26.6 Å². The fourth-order valence-corrected chi connectivity index (χ4v) is 4.28. The predicted octanol–water partition coefficient (Wildman–Crippen LogP) is -1.67. The number of hydrogen-bond donors (Lipinski definition) is 4. The van der Waals surface area contributed by atoms with Gasteiger partial charge in [-0.2, -0.15) is 0 Å². The lowest BCUT2D eigenvalue weighted by molar-refractivity contribution is -0.0688. The van der Waals surface area contributed by atoms with Crippen LogP contribution in [0.5, 0.6) is 0 Å². The second kappa shape index (κ2) is 7.29. The van der Waals surface area contributed by atoms with Crippen LogP contribution in [0.2, 0.25) is 0 Å². The summed E-state index contributed by atoms with van der Waals surface area (Å²) < 4.78 is 5.62. The molecule has 0 aromatic rings. The van der Waals surface area contributed by atoms with Crippen molar-refractivity contribution in [1.82, 2.24) is 11.1 Å². The molecule has 1 unspecified atom stereocenters. The third-order valence-electron chi connectivity index (χ3n) is 5.75. The van der Waals surface area contributed by atoms with E-state index >= 15 is 0 Å². The third-order valence-corrected chi connectivity index (χ3v) is 5.75. The molecular weight excluding hydrogens is 340 g/mol. The summed E-state index contributed by atoms with van der Waals surface area (Å²) in [6.07, 6.45) is 3.00. The molecule has 3 heterocycles. The molecule has 1 saturated heterocycles. The highest BCUT2D eigenvalue weighted by molar-refractivity contribution is 6.47. The van der Waals surface area contributed by atoms with Gasteiger partial charge in [-0.3, -0.25) is 4.99 Å². The van der Waals surface area contributed by atoms with Crippen LogP contribution in [0.25, 0.3) is 0 Å². The van der Waals surface area contributed by atoms with E-state index in [4.69, 9.17) is 10.5 Å². The zero-order chi connectivity index (χ0) is 17.6. The lowest BCUT2D eigenvalue weighted by atomic mass is 9.77. The van der Waals surface area contributed by atoms with Crippen LogP contribution in [-0.4, -0.2) is 81.6 Å². The standard InChI is InChI=1S/C16H25N5O4.N/c17-16(9-4-2-1-3-5-9)13-14(18-7-20-16)21(8-19-13)15-12(24)11(23)10(6-22)25-15;/h7,9-12,15,22-24H,1-6,8,17H2;/t10-,11-,12-,15-,16?;/m1./s1. The van der Waals surface area contributed by atoms with Gasteiger partial charge in [0.2, 0.25) is 0 Å². The lowest BCUT2D eigenvalue weighted by Crippen LogP contribution is -2.59. The van der Waals surface area contributed by atoms with Crippen molar-refractivity contribution in [2.75, 3.05) is 13.3 Å². The van der Waals surface area contributed by atoms with E-state index in [9.17, 15) is 15.3 Å². The minimum Gasteiger partial charge on any atom is -0.394 e. The van der Waals surface area contributed by atoms with Crippen molar-refractivity contribution in [3.8, 4) is 0 Å². The van der Waals surface area contributed by atoms with Gasteiger partial charge in [0.05, 0.1) is 6.61 Å². The van der Waals surface area contributed by atoms with E-state index in [1.807, 2.05) is 0 Å². The maximum Gasteiger partial charge on any atom is 0.162 e. The molecule has 1 saturated carbocycles. The molecule has 10 nitrogen and oxygen atoms in total. The largest absolute Gasteiger partial charge is 0.394 e. The van der Waals surface area contributed by atoms with Gasteiger partial charge in [-0.25, -0.2) is 9.98 Å². The average Bonchev–Trinajstić information content (AvgIpc) is 3.19. The Morgan fingerprint density at radius 1 is 1.23 bits per heavy atom. The number of nitrogens with two attached hydrogens (primary N) is 1. The summed E-state index contributed by atoms with van der Waals surface area (Å²) >= 11 is 0. The fourth-order valence-electron chi connectivity index (χ4n) is 4.28. The van der Waals surface area contributed by atoms with E-state index in [0.717, 1.165) is 25.7 Å². The molecule has 3 aliphatic heterocycles. The molecule has 143 valence electrons. The first-order valence-electron chi connectivity index (χ1n) is 8.91. The van der Waals surface area contributed by atoms with E-state index in [-0.39, 0.29) is 25.3 Å². The summed E-state index contributed by atoms with van der Waals surface area (Å²) in [6.45, 7) is -0.136. The average molecular weight is 365 g/mol. The molecule has 0 aromatic heterocycles. The molecule has 5 N–H and O–H groups in total. The Balaban J connectivity index is 0.00000196. The number of rotatable bonds is 3. The SMILES string of the molecule is NC1(C2CCCCC2)N=CN=C2C1=NCN2[C@@H]1O[C@H](CO)[C@@H](O)[C@H]1O.[N]. The molecule has 3 radical (unpaired) electrons. The van der Waals surface area contributed by atoms with Gasteiger partial charge in [-0.05, 0) is 12.8 Å².